The minimum Gasteiger partial charge on any atom is -0.497 e. The van der Waals surface area contributed by atoms with Crippen molar-refractivity contribution in [2.45, 2.75) is 12.5 Å². The largest absolute Gasteiger partial charge is 0.497 e. The fourth-order valence-electron chi connectivity index (χ4n) is 2.95. The Balaban J connectivity index is 1.83. The van der Waals surface area contributed by atoms with Crippen LogP contribution in [-0.4, -0.2) is 36.3 Å². The van der Waals surface area contributed by atoms with Crippen molar-refractivity contribution in [1.82, 2.24) is 10.2 Å². The van der Waals surface area contributed by atoms with Crippen LogP contribution in [0, 0.1) is 11.3 Å². The van der Waals surface area contributed by atoms with Gasteiger partial charge in [0.1, 0.15) is 11.3 Å². The van der Waals surface area contributed by atoms with Crippen molar-refractivity contribution in [2.75, 3.05) is 13.7 Å². The average molecular weight is 363 g/mol. The molecule has 2 aromatic rings. The molecule has 0 unspecified atom stereocenters. The van der Waals surface area contributed by atoms with Gasteiger partial charge in [-0.25, -0.2) is 4.79 Å². The summed E-state index contributed by atoms with van der Waals surface area (Å²) in [6.45, 7) is 1.20. The van der Waals surface area contributed by atoms with E-state index in [1.807, 2.05) is 6.07 Å². The van der Waals surface area contributed by atoms with E-state index in [0.717, 1.165) is 4.90 Å². The van der Waals surface area contributed by atoms with Gasteiger partial charge in [-0.05, 0) is 36.8 Å². The highest BCUT2D eigenvalue weighted by atomic mass is 16.5. The van der Waals surface area contributed by atoms with E-state index in [-0.39, 0.29) is 12.3 Å². The van der Waals surface area contributed by atoms with E-state index in [1.54, 1.807) is 55.5 Å². The van der Waals surface area contributed by atoms with E-state index in [4.69, 9.17) is 10.00 Å². The van der Waals surface area contributed by atoms with Gasteiger partial charge in [0.2, 0.25) is 0 Å². The third-order valence-electron chi connectivity index (χ3n) is 4.56. The maximum atomic E-state index is 12.9. The van der Waals surface area contributed by atoms with Gasteiger partial charge in [-0.3, -0.25) is 14.5 Å². The van der Waals surface area contributed by atoms with Gasteiger partial charge in [-0.2, -0.15) is 5.26 Å². The molecule has 2 aromatic carbocycles. The Kier molecular flexibility index (Phi) is 4.65. The van der Waals surface area contributed by atoms with Gasteiger partial charge in [0.15, 0.2) is 5.78 Å². The summed E-state index contributed by atoms with van der Waals surface area (Å²) in [5, 5.41) is 11.5. The molecule has 136 valence electrons. The molecule has 1 aliphatic heterocycles. The van der Waals surface area contributed by atoms with Gasteiger partial charge in [-0.15, -0.1) is 0 Å². The minimum absolute atomic E-state index is 0.349. The third kappa shape index (κ3) is 3.25. The molecule has 3 rings (SSSR count). The predicted octanol–water partition coefficient (Wildman–Crippen LogP) is 2.22. The number of ketones is 1. The molecule has 0 radical (unpaired) electrons. The van der Waals surface area contributed by atoms with Crippen LogP contribution in [0.4, 0.5) is 4.79 Å². The fraction of sp³-hybridized carbons (Fsp3) is 0.200. The molecule has 0 aliphatic carbocycles. The molecule has 1 heterocycles. The molecule has 1 atom stereocenters. The predicted molar refractivity (Wildman–Crippen MR) is 96.1 cm³/mol. The molecular formula is C20H17N3O4. The van der Waals surface area contributed by atoms with Gasteiger partial charge >= 0.3 is 6.03 Å². The lowest BCUT2D eigenvalue weighted by Crippen LogP contribution is -2.41. The Bertz CT molecular complexity index is 962. The fourth-order valence-corrected chi connectivity index (χ4v) is 2.95. The number of urea groups is 1. The summed E-state index contributed by atoms with van der Waals surface area (Å²) in [5.74, 6) is -0.379. The molecule has 0 bridgehead atoms. The number of nitrogens with one attached hydrogen (secondary N) is 1. The Morgan fingerprint density at radius 1 is 1.22 bits per heavy atom. The van der Waals surface area contributed by atoms with Crippen molar-refractivity contribution < 1.29 is 19.1 Å². The lowest BCUT2D eigenvalue weighted by Gasteiger charge is -2.22. The summed E-state index contributed by atoms with van der Waals surface area (Å²) < 4.78 is 5.09. The van der Waals surface area contributed by atoms with E-state index in [9.17, 15) is 14.4 Å². The highest BCUT2D eigenvalue weighted by Gasteiger charge is 2.49. The highest BCUT2D eigenvalue weighted by Crippen LogP contribution is 2.29. The number of hydrogen-bond donors (Lipinski definition) is 1. The molecule has 0 spiro atoms. The number of benzene rings is 2. The molecule has 1 saturated heterocycles. The number of Topliss-reactive ketones (excluding diaryl/α,β-unsaturated/α-hetero) is 1. The minimum atomic E-state index is -1.29. The Morgan fingerprint density at radius 3 is 2.56 bits per heavy atom. The molecule has 7 heteroatoms. The Morgan fingerprint density at radius 2 is 1.93 bits per heavy atom. The van der Waals surface area contributed by atoms with E-state index >= 15 is 0 Å². The van der Waals surface area contributed by atoms with Crippen LogP contribution in [0.2, 0.25) is 0 Å². The molecule has 3 amide bonds. The molecule has 27 heavy (non-hydrogen) atoms. The van der Waals surface area contributed by atoms with Crippen LogP contribution in [0.1, 0.15) is 28.4 Å². The summed E-state index contributed by atoms with van der Waals surface area (Å²) in [5.41, 5.74) is 0.0435. The standard InChI is InChI=1S/C20H17N3O4/c1-20(15-8-6-13(11-21)7-9-15)18(25)23(19(26)22-20)12-17(24)14-4-3-5-16(10-14)27-2/h3-10H,12H2,1-2H3,(H,22,26)/t20-/m0/s1. The molecule has 1 aliphatic rings. The van der Waals surface area contributed by atoms with E-state index in [2.05, 4.69) is 5.32 Å². The number of amides is 3. The molecule has 0 saturated carbocycles. The van der Waals surface area contributed by atoms with Crippen LogP contribution in [-0.2, 0) is 10.3 Å². The first-order valence-electron chi connectivity index (χ1n) is 8.21. The Hall–Kier alpha value is -3.66. The van der Waals surface area contributed by atoms with E-state index in [0.29, 0.717) is 22.4 Å². The third-order valence-corrected chi connectivity index (χ3v) is 4.56. The first-order valence-corrected chi connectivity index (χ1v) is 8.21. The number of nitrogens with zero attached hydrogens (tertiary/aromatic N) is 2. The van der Waals surface area contributed by atoms with Crippen molar-refractivity contribution in [2.24, 2.45) is 0 Å². The molecule has 1 fully saturated rings. The maximum absolute atomic E-state index is 12.9. The van der Waals surface area contributed by atoms with Crippen molar-refractivity contribution >= 4 is 17.7 Å². The monoisotopic (exact) mass is 363 g/mol. The number of methoxy groups -OCH3 is 1. The lowest BCUT2D eigenvalue weighted by molar-refractivity contribution is -0.130. The zero-order valence-electron chi connectivity index (χ0n) is 14.9. The lowest BCUT2D eigenvalue weighted by atomic mass is 9.91. The van der Waals surface area contributed by atoms with E-state index in [1.165, 1.54) is 7.11 Å². The quantitative estimate of drug-likeness (QED) is 0.649. The summed E-state index contributed by atoms with van der Waals surface area (Å²) in [7, 11) is 1.49. The number of ether oxygens (including phenoxy) is 1. The summed E-state index contributed by atoms with van der Waals surface area (Å²) >= 11 is 0. The first-order chi connectivity index (χ1) is 12.9. The normalized spacial score (nSPS) is 18.8. The topological polar surface area (TPSA) is 99.5 Å². The molecule has 1 N–H and O–H groups in total. The molecule has 0 aromatic heterocycles. The van der Waals surface area contributed by atoms with E-state index < -0.39 is 17.5 Å². The summed E-state index contributed by atoms with van der Waals surface area (Å²) in [6.07, 6.45) is 0. The van der Waals surface area contributed by atoms with Crippen molar-refractivity contribution in [3.8, 4) is 11.8 Å². The second kappa shape index (κ2) is 6.92. The van der Waals surface area contributed by atoms with Gasteiger partial charge in [0.25, 0.3) is 5.91 Å². The first kappa shape index (κ1) is 18.1. The van der Waals surface area contributed by atoms with Crippen LogP contribution in [0.25, 0.3) is 0 Å². The van der Waals surface area contributed by atoms with Crippen LogP contribution < -0.4 is 10.1 Å². The van der Waals surface area contributed by atoms with Crippen LogP contribution >= 0.6 is 0 Å². The van der Waals surface area contributed by atoms with Gasteiger partial charge in [0, 0.05) is 5.56 Å². The summed E-state index contributed by atoms with van der Waals surface area (Å²) in [4.78, 5) is 38.7. The number of rotatable bonds is 5. The van der Waals surface area contributed by atoms with Crippen LogP contribution in [0.3, 0.4) is 0 Å². The van der Waals surface area contributed by atoms with Crippen LogP contribution in [0.5, 0.6) is 5.75 Å². The number of imide groups is 1. The number of hydrogen-bond acceptors (Lipinski definition) is 5. The number of carbonyl (C=O) groups excluding carboxylic acids is 3. The number of carbonyl (C=O) groups is 3. The van der Waals surface area contributed by atoms with Crippen molar-refractivity contribution in [3.63, 3.8) is 0 Å². The zero-order chi connectivity index (χ0) is 19.6. The van der Waals surface area contributed by atoms with Crippen molar-refractivity contribution in [1.29, 1.82) is 5.26 Å². The average Bonchev–Trinajstić information content (AvgIpc) is 2.92. The molecule has 7 nitrogen and oxygen atoms in total. The maximum Gasteiger partial charge on any atom is 0.325 e. The van der Waals surface area contributed by atoms with Gasteiger partial charge in [-0.1, -0.05) is 24.3 Å². The number of nitriles is 1. The second-order valence-corrected chi connectivity index (χ2v) is 6.29. The Labute approximate surface area is 156 Å². The smallest absolute Gasteiger partial charge is 0.325 e. The highest BCUT2D eigenvalue weighted by molar-refractivity contribution is 6.11. The van der Waals surface area contributed by atoms with Gasteiger partial charge in [0.05, 0.1) is 25.3 Å². The second-order valence-electron chi connectivity index (χ2n) is 6.29. The van der Waals surface area contributed by atoms with Crippen molar-refractivity contribution in [3.05, 3.63) is 65.2 Å². The summed E-state index contributed by atoms with van der Waals surface area (Å²) in [6, 6.07) is 14.3. The SMILES string of the molecule is COc1cccc(C(=O)CN2C(=O)N[C@@](C)(c3ccc(C#N)cc3)C2=O)c1. The zero-order valence-corrected chi connectivity index (χ0v) is 14.9. The van der Waals surface area contributed by atoms with Crippen LogP contribution in [0.15, 0.2) is 48.5 Å². The molecular weight excluding hydrogens is 346 g/mol. The van der Waals surface area contributed by atoms with Gasteiger partial charge < -0.3 is 10.1 Å².